The van der Waals surface area contributed by atoms with Crippen LogP contribution in [0.2, 0.25) is 0 Å². The van der Waals surface area contributed by atoms with E-state index in [1.807, 2.05) is 0 Å². The van der Waals surface area contributed by atoms with E-state index < -0.39 is 104 Å². The van der Waals surface area contributed by atoms with Crippen molar-refractivity contribution in [3.8, 4) is 28.7 Å². The number of carbonyl (C=O) groups excluding carboxylic acids is 1. The van der Waals surface area contributed by atoms with E-state index in [2.05, 4.69) is 0 Å². The maximum atomic E-state index is 13.0. The average Bonchev–Trinajstić information content (AvgIpc) is 2.97. The minimum Gasteiger partial charge on any atom is -0.508 e. The first kappa shape index (κ1) is 31.1. The number of aliphatic hydroxyl groups is 7. The molecular formula is C27H32O16. The monoisotopic (exact) mass is 612 g/mol. The van der Waals surface area contributed by atoms with Crippen LogP contribution in [0.25, 0.3) is 0 Å². The Kier molecular flexibility index (Phi) is 8.96. The Morgan fingerprint density at radius 3 is 2.19 bits per heavy atom. The van der Waals surface area contributed by atoms with E-state index in [1.165, 1.54) is 12.1 Å². The highest BCUT2D eigenvalue weighted by Crippen LogP contribution is 2.49. The fraction of sp³-hybridized carbons (Fsp3) is 0.519. The molecule has 43 heavy (non-hydrogen) atoms. The van der Waals surface area contributed by atoms with Crippen LogP contribution in [-0.2, 0) is 14.2 Å². The number of phenolic OH excluding ortho intramolecular Hbond substituents is 3. The fourth-order valence-corrected chi connectivity index (χ4v) is 5.16. The van der Waals surface area contributed by atoms with E-state index in [0.717, 1.165) is 6.07 Å². The molecule has 0 amide bonds. The number of phenols is 3. The number of Topliss-reactive ketones (excluding diaryl/α,β-unsaturated/α-hetero) is 1. The van der Waals surface area contributed by atoms with Crippen molar-refractivity contribution in [3.05, 3.63) is 41.5 Å². The van der Waals surface area contributed by atoms with Crippen molar-refractivity contribution >= 4 is 5.78 Å². The highest BCUT2D eigenvalue weighted by Gasteiger charge is 2.48. The van der Waals surface area contributed by atoms with Gasteiger partial charge in [-0.15, -0.1) is 0 Å². The molecule has 10 N–H and O–H groups in total. The molecule has 3 aliphatic rings. The maximum Gasteiger partial charge on any atom is 0.229 e. The second kappa shape index (κ2) is 12.4. The molecule has 236 valence electrons. The van der Waals surface area contributed by atoms with Gasteiger partial charge in [-0.2, -0.15) is 0 Å². The van der Waals surface area contributed by atoms with Crippen molar-refractivity contribution in [2.75, 3.05) is 13.2 Å². The van der Waals surface area contributed by atoms with E-state index in [1.54, 1.807) is 12.1 Å². The summed E-state index contributed by atoms with van der Waals surface area (Å²) in [7, 11) is 0. The number of carbonyl (C=O) groups is 1. The average molecular weight is 613 g/mol. The third-order valence-corrected chi connectivity index (χ3v) is 7.58. The topological polar surface area (TPSA) is 266 Å². The Morgan fingerprint density at radius 1 is 0.837 bits per heavy atom. The van der Waals surface area contributed by atoms with Crippen molar-refractivity contribution in [2.45, 2.75) is 73.9 Å². The SMILES string of the molecule is O=C1C[C@@H](c2ccc(O)cc2)Oc2cc(O)c(O[C@H]3O[C@H](CO[C@@H]4[C@@H](O)[C@H](O)[C@@H](CO)O[C@@H]4O)[C@@H](O)[C@H](O)[C@H]3O)c(O)c21. The maximum absolute atomic E-state index is 13.0. The largest absolute Gasteiger partial charge is 0.508 e. The van der Waals surface area contributed by atoms with Crippen LogP contribution in [0.1, 0.15) is 28.4 Å². The van der Waals surface area contributed by atoms with Gasteiger partial charge in [-0.05, 0) is 17.7 Å². The van der Waals surface area contributed by atoms with Crippen LogP contribution in [0.4, 0.5) is 0 Å². The molecule has 16 heteroatoms. The molecule has 2 fully saturated rings. The first-order chi connectivity index (χ1) is 20.4. The zero-order valence-corrected chi connectivity index (χ0v) is 22.3. The van der Waals surface area contributed by atoms with E-state index in [4.69, 9.17) is 23.7 Å². The second-order valence-electron chi connectivity index (χ2n) is 10.4. The second-order valence-corrected chi connectivity index (χ2v) is 10.4. The standard InChI is InChI=1S/C27H32O16/c28-7-15-18(32)22(36)25(26(38)41-15)39-8-16-19(33)21(35)23(37)27(42-16)43-24-12(31)6-14-17(20(24)34)11(30)5-13(40-14)9-1-3-10(29)4-2-9/h1-4,6,13,15-16,18-19,21-23,25-29,31-38H,5,7-8H2/t13-,15+,16+,18+,19+,21-,22-,23+,25+,26-,27+/m0/s1. The summed E-state index contributed by atoms with van der Waals surface area (Å²) in [4.78, 5) is 13.0. The fourth-order valence-electron chi connectivity index (χ4n) is 5.16. The number of hydrogen-bond donors (Lipinski definition) is 10. The van der Waals surface area contributed by atoms with E-state index in [9.17, 15) is 55.9 Å². The van der Waals surface area contributed by atoms with Crippen molar-refractivity contribution in [1.82, 2.24) is 0 Å². The van der Waals surface area contributed by atoms with Gasteiger partial charge in [-0.3, -0.25) is 4.79 Å². The van der Waals surface area contributed by atoms with Crippen LogP contribution >= 0.6 is 0 Å². The van der Waals surface area contributed by atoms with Gasteiger partial charge < -0.3 is 74.7 Å². The molecule has 0 unspecified atom stereocenters. The molecule has 0 radical (unpaired) electrons. The summed E-state index contributed by atoms with van der Waals surface area (Å²) in [5.41, 5.74) is 0.229. The lowest BCUT2D eigenvalue weighted by atomic mass is 9.95. The minimum atomic E-state index is -1.94. The smallest absolute Gasteiger partial charge is 0.229 e. The molecule has 2 aromatic carbocycles. The van der Waals surface area contributed by atoms with Crippen LogP contribution in [0.5, 0.6) is 28.7 Å². The minimum absolute atomic E-state index is 0.00935. The van der Waals surface area contributed by atoms with Crippen LogP contribution in [-0.4, -0.2) is 131 Å². The summed E-state index contributed by atoms with van der Waals surface area (Å²) >= 11 is 0. The van der Waals surface area contributed by atoms with Crippen molar-refractivity contribution in [3.63, 3.8) is 0 Å². The zero-order chi connectivity index (χ0) is 31.2. The third-order valence-electron chi connectivity index (χ3n) is 7.58. The lowest BCUT2D eigenvalue weighted by Crippen LogP contribution is -2.62. The lowest BCUT2D eigenvalue weighted by molar-refractivity contribution is -0.315. The Balaban J connectivity index is 1.31. The van der Waals surface area contributed by atoms with Gasteiger partial charge in [0, 0.05) is 6.07 Å². The molecule has 0 aliphatic carbocycles. The van der Waals surface area contributed by atoms with E-state index in [-0.39, 0.29) is 23.5 Å². The molecule has 16 nitrogen and oxygen atoms in total. The number of rotatable bonds is 7. The van der Waals surface area contributed by atoms with Crippen LogP contribution < -0.4 is 9.47 Å². The number of ketones is 1. The van der Waals surface area contributed by atoms with Gasteiger partial charge in [-0.25, -0.2) is 0 Å². The predicted octanol–water partition coefficient (Wildman–Crippen LogP) is -2.49. The third kappa shape index (κ3) is 5.94. The highest BCUT2D eigenvalue weighted by atomic mass is 16.7. The number of fused-ring (bicyclic) bond motifs is 1. The number of aromatic hydroxyl groups is 3. The van der Waals surface area contributed by atoms with Crippen molar-refractivity contribution in [2.24, 2.45) is 0 Å². The molecule has 2 saturated heterocycles. The summed E-state index contributed by atoms with van der Waals surface area (Å²) in [6.45, 7) is -1.36. The van der Waals surface area contributed by atoms with Gasteiger partial charge in [0.15, 0.2) is 23.6 Å². The lowest BCUT2D eigenvalue weighted by Gasteiger charge is -2.43. The summed E-state index contributed by atoms with van der Waals surface area (Å²) in [6.07, 6.45) is -18.0. The number of ether oxygens (including phenoxy) is 5. The first-order valence-corrected chi connectivity index (χ1v) is 13.3. The number of hydrogen-bond acceptors (Lipinski definition) is 16. The van der Waals surface area contributed by atoms with Gasteiger partial charge >= 0.3 is 0 Å². The Labute approximate surface area is 243 Å². The molecule has 5 rings (SSSR count). The molecule has 3 aliphatic heterocycles. The first-order valence-electron chi connectivity index (χ1n) is 13.3. The van der Waals surface area contributed by atoms with Gasteiger partial charge in [0.2, 0.25) is 12.0 Å². The van der Waals surface area contributed by atoms with Crippen LogP contribution in [0.15, 0.2) is 30.3 Å². The van der Waals surface area contributed by atoms with Crippen LogP contribution in [0.3, 0.4) is 0 Å². The van der Waals surface area contributed by atoms with Crippen molar-refractivity contribution < 1.29 is 79.5 Å². The van der Waals surface area contributed by atoms with Crippen LogP contribution in [0, 0.1) is 0 Å². The summed E-state index contributed by atoms with van der Waals surface area (Å²) in [6, 6.07) is 6.92. The molecular weight excluding hydrogens is 580 g/mol. The Hall–Kier alpha value is -3.29. The predicted molar refractivity (Wildman–Crippen MR) is 137 cm³/mol. The molecule has 11 atom stereocenters. The molecule has 0 bridgehead atoms. The molecule has 2 aromatic rings. The quantitative estimate of drug-likeness (QED) is 0.155. The van der Waals surface area contributed by atoms with E-state index >= 15 is 0 Å². The normalized spacial score (nSPS) is 36.1. The number of aliphatic hydroxyl groups excluding tert-OH is 7. The highest BCUT2D eigenvalue weighted by molar-refractivity contribution is 6.03. The summed E-state index contributed by atoms with van der Waals surface area (Å²) < 4.78 is 27.2. The van der Waals surface area contributed by atoms with Gasteiger partial charge in [-0.1, -0.05) is 12.1 Å². The zero-order valence-electron chi connectivity index (χ0n) is 22.3. The summed E-state index contributed by atoms with van der Waals surface area (Å²) in [5, 5.41) is 102. The number of benzene rings is 2. The Morgan fingerprint density at radius 2 is 1.51 bits per heavy atom. The molecule has 0 saturated carbocycles. The van der Waals surface area contributed by atoms with Gasteiger partial charge in [0.05, 0.1) is 19.6 Å². The summed E-state index contributed by atoms with van der Waals surface area (Å²) in [5.74, 6) is -3.00. The molecule has 0 aromatic heterocycles. The molecule has 3 heterocycles. The molecule has 0 spiro atoms. The van der Waals surface area contributed by atoms with E-state index in [0.29, 0.717) is 5.56 Å². The van der Waals surface area contributed by atoms with Gasteiger partial charge in [0.1, 0.15) is 72.0 Å². The van der Waals surface area contributed by atoms with Crippen molar-refractivity contribution in [1.29, 1.82) is 0 Å². The van der Waals surface area contributed by atoms with Gasteiger partial charge in [0.25, 0.3) is 0 Å². The Bertz CT molecular complexity index is 1300.